The van der Waals surface area contributed by atoms with Crippen molar-refractivity contribution in [1.29, 1.82) is 0 Å². The van der Waals surface area contributed by atoms with E-state index in [1.165, 1.54) is 25.7 Å². The fraction of sp³-hybridized carbons (Fsp3) is 0.909. The molecule has 3 heteroatoms. The first kappa shape index (κ1) is 11.5. The van der Waals surface area contributed by atoms with Crippen molar-refractivity contribution in [2.24, 2.45) is 5.92 Å². The van der Waals surface area contributed by atoms with Gasteiger partial charge in [-0.3, -0.25) is 4.79 Å². The molecule has 0 aromatic carbocycles. The Morgan fingerprint density at radius 1 is 1.43 bits per heavy atom. The highest BCUT2D eigenvalue weighted by molar-refractivity contribution is 5.75. The zero-order chi connectivity index (χ0) is 10.4. The molecule has 2 unspecified atom stereocenters. The maximum atomic E-state index is 11.0. The van der Waals surface area contributed by atoms with Gasteiger partial charge in [0.15, 0.2) is 0 Å². The summed E-state index contributed by atoms with van der Waals surface area (Å²) in [5.74, 6) is 0.961. The topological polar surface area (TPSA) is 41.1 Å². The van der Waals surface area contributed by atoms with Gasteiger partial charge in [-0.05, 0) is 18.8 Å². The van der Waals surface area contributed by atoms with Gasteiger partial charge >= 0.3 is 0 Å². The van der Waals surface area contributed by atoms with Gasteiger partial charge in [-0.25, -0.2) is 0 Å². The molecule has 0 aromatic rings. The van der Waals surface area contributed by atoms with Crippen LogP contribution in [0.15, 0.2) is 0 Å². The largest absolute Gasteiger partial charge is 0.359 e. The summed E-state index contributed by atoms with van der Waals surface area (Å²) in [6.07, 6.45) is 5.84. The van der Waals surface area contributed by atoms with E-state index in [2.05, 4.69) is 17.6 Å². The van der Waals surface area contributed by atoms with E-state index in [0.29, 0.717) is 12.5 Å². The Balaban J connectivity index is 2.14. The fourth-order valence-corrected chi connectivity index (χ4v) is 2.29. The number of amides is 1. The summed E-state index contributed by atoms with van der Waals surface area (Å²) >= 11 is 0. The van der Waals surface area contributed by atoms with E-state index >= 15 is 0 Å². The molecule has 0 bridgehead atoms. The average molecular weight is 198 g/mol. The smallest absolute Gasteiger partial charge is 0.221 e. The molecule has 1 rings (SSSR count). The van der Waals surface area contributed by atoms with Crippen LogP contribution in [0.5, 0.6) is 0 Å². The van der Waals surface area contributed by atoms with Crippen LogP contribution in [0.2, 0.25) is 0 Å². The second-order valence-electron chi connectivity index (χ2n) is 4.08. The highest BCUT2D eigenvalue weighted by atomic mass is 16.1. The number of carbonyl (C=O) groups is 1. The number of carbonyl (C=O) groups excluding carboxylic acids is 1. The van der Waals surface area contributed by atoms with Crippen molar-refractivity contribution < 1.29 is 4.79 Å². The first-order valence-corrected chi connectivity index (χ1v) is 5.72. The summed E-state index contributed by atoms with van der Waals surface area (Å²) in [7, 11) is 1.69. The standard InChI is InChI=1S/C11H22N2O/c1-3-9-5-4-6-10(9)13-8-7-11(14)12-2/h9-10,13H,3-8H2,1-2H3,(H,12,14). The third kappa shape index (κ3) is 3.29. The van der Waals surface area contributed by atoms with Crippen LogP contribution in [0.4, 0.5) is 0 Å². The van der Waals surface area contributed by atoms with E-state index in [9.17, 15) is 4.79 Å². The summed E-state index contributed by atoms with van der Waals surface area (Å²) in [5.41, 5.74) is 0. The average Bonchev–Trinajstić information content (AvgIpc) is 2.65. The number of hydrogen-bond donors (Lipinski definition) is 2. The minimum Gasteiger partial charge on any atom is -0.359 e. The lowest BCUT2D eigenvalue weighted by atomic mass is 10.0. The van der Waals surface area contributed by atoms with E-state index in [4.69, 9.17) is 0 Å². The minimum atomic E-state index is 0.128. The first-order valence-electron chi connectivity index (χ1n) is 5.72. The lowest BCUT2D eigenvalue weighted by molar-refractivity contribution is -0.120. The van der Waals surface area contributed by atoms with Gasteiger partial charge in [0.2, 0.25) is 5.91 Å². The van der Waals surface area contributed by atoms with Crippen LogP contribution in [0.1, 0.15) is 39.0 Å². The predicted octanol–water partition coefficient (Wildman–Crippen LogP) is 1.29. The molecule has 0 saturated heterocycles. The summed E-state index contributed by atoms with van der Waals surface area (Å²) < 4.78 is 0. The Labute approximate surface area is 86.6 Å². The molecule has 2 N–H and O–H groups in total. The SMILES string of the molecule is CCC1CCCC1NCCC(=O)NC. The van der Waals surface area contributed by atoms with Gasteiger partial charge in [0.1, 0.15) is 0 Å². The summed E-state index contributed by atoms with van der Waals surface area (Å²) in [6, 6.07) is 0.657. The molecule has 1 aliphatic rings. The van der Waals surface area contributed by atoms with Crippen LogP contribution in [-0.2, 0) is 4.79 Å². The zero-order valence-corrected chi connectivity index (χ0v) is 9.31. The molecule has 3 nitrogen and oxygen atoms in total. The van der Waals surface area contributed by atoms with Gasteiger partial charge in [0.05, 0.1) is 0 Å². The summed E-state index contributed by atoms with van der Waals surface area (Å²) in [4.78, 5) is 11.0. The Morgan fingerprint density at radius 3 is 2.86 bits per heavy atom. The molecule has 0 heterocycles. The molecule has 1 amide bonds. The van der Waals surface area contributed by atoms with Gasteiger partial charge in [-0.15, -0.1) is 0 Å². The van der Waals surface area contributed by atoms with Crippen molar-refractivity contribution in [3.05, 3.63) is 0 Å². The second kappa shape index (κ2) is 6.02. The molecule has 1 saturated carbocycles. The van der Waals surface area contributed by atoms with E-state index in [1.54, 1.807) is 7.05 Å². The van der Waals surface area contributed by atoms with E-state index in [-0.39, 0.29) is 5.91 Å². The van der Waals surface area contributed by atoms with Crippen molar-refractivity contribution in [1.82, 2.24) is 10.6 Å². The lowest BCUT2D eigenvalue weighted by Gasteiger charge is -2.19. The third-order valence-electron chi connectivity index (χ3n) is 3.22. The third-order valence-corrected chi connectivity index (χ3v) is 3.22. The zero-order valence-electron chi connectivity index (χ0n) is 9.31. The minimum absolute atomic E-state index is 0.128. The number of nitrogens with one attached hydrogen (secondary N) is 2. The number of rotatable bonds is 5. The molecule has 0 spiro atoms. The van der Waals surface area contributed by atoms with E-state index < -0.39 is 0 Å². The quantitative estimate of drug-likeness (QED) is 0.699. The second-order valence-corrected chi connectivity index (χ2v) is 4.08. The maximum Gasteiger partial charge on any atom is 0.221 e. The van der Waals surface area contributed by atoms with Crippen LogP contribution in [0.3, 0.4) is 0 Å². The Hall–Kier alpha value is -0.570. The maximum absolute atomic E-state index is 11.0. The molecule has 1 aliphatic carbocycles. The van der Waals surface area contributed by atoms with Crippen LogP contribution in [0.25, 0.3) is 0 Å². The molecular weight excluding hydrogens is 176 g/mol. The Morgan fingerprint density at radius 2 is 2.21 bits per heavy atom. The number of hydrogen-bond acceptors (Lipinski definition) is 2. The Bertz CT molecular complexity index is 182. The summed E-state index contributed by atoms with van der Waals surface area (Å²) in [6.45, 7) is 3.07. The van der Waals surface area contributed by atoms with E-state index in [0.717, 1.165) is 12.5 Å². The predicted molar refractivity (Wildman–Crippen MR) is 58.1 cm³/mol. The molecular formula is C11H22N2O. The normalized spacial score (nSPS) is 26.4. The fourth-order valence-electron chi connectivity index (χ4n) is 2.29. The van der Waals surface area contributed by atoms with Crippen molar-refractivity contribution in [2.45, 2.75) is 45.1 Å². The highest BCUT2D eigenvalue weighted by Gasteiger charge is 2.24. The summed E-state index contributed by atoms with van der Waals surface area (Å²) in [5, 5.41) is 6.12. The van der Waals surface area contributed by atoms with Gasteiger partial charge < -0.3 is 10.6 Å². The lowest BCUT2D eigenvalue weighted by Crippen LogP contribution is -2.35. The molecule has 1 fully saturated rings. The monoisotopic (exact) mass is 198 g/mol. The highest BCUT2D eigenvalue weighted by Crippen LogP contribution is 2.27. The van der Waals surface area contributed by atoms with E-state index in [1.807, 2.05) is 0 Å². The molecule has 0 radical (unpaired) electrons. The van der Waals surface area contributed by atoms with Crippen molar-refractivity contribution in [3.8, 4) is 0 Å². The Kier molecular flexibility index (Phi) is 4.94. The molecule has 14 heavy (non-hydrogen) atoms. The van der Waals surface area contributed by atoms with Gasteiger partial charge in [0.25, 0.3) is 0 Å². The van der Waals surface area contributed by atoms with Crippen LogP contribution in [-0.4, -0.2) is 25.5 Å². The van der Waals surface area contributed by atoms with Gasteiger partial charge in [-0.1, -0.05) is 19.8 Å². The van der Waals surface area contributed by atoms with Crippen LogP contribution in [0, 0.1) is 5.92 Å². The van der Waals surface area contributed by atoms with Crippen molar-refractivity contribution >= 4 is 5.91 Å². The molecule has 82 valence electrons. The van der Waals surface area contributed by atoms with Gasteiger partial charge in [0, 0.05) is 26.1 Å². The van der Waals surface area contributed by atoms with Crippen molar-refractivity contribution in [2.75, 3.05) is 13.6 Å². The molecule has 2 atom stereocenters. The molecule has 0 aromatic heterocycles. The van der Waals surface area contributed by atoms with Gasteiger partial charge in [-0.2, -0.15) is 0 Å². The van der Waals surface area contributed by atoms with Crippen molar-refractivity contribution in [3.63, 3.8) is 0 Å². The van der Waals surface area contributed by atoms with Crippen LogP contribution < -0.4 is 10.6 Å². The molecule has 0 aliphatic heterocycles. The van der Waals surface area contributed by atoms with Crippen LogP contribution >= 0.6 is 0 Å². The first-order chi connectivity index (χ1) is 6.77.